The van der Waals surface area contributed by atoms with Crippen molar-refractivity contribution in [2.45, 2.75) is 13.0 Å². The van der Waals surface area contributed by atoms with E-state index in [2.05, 4.69) is 4.98 Å². The van der Waals surface area contributed by atoms with Crippen LogP contribution in [0.2, 0.25) is 5.02 Å². The third-order valence-corrected chi connectivity index (χ3v) is 6.92. The van der Waals surface area contributed by atoms with Gasteiger partial charge in [0.25, 0.3) is 0 Å². The minimum absolute atomic E-state index is 0.170. The molecule has 126 valence electrons. The summed E-state index contributed by atoms with van der Waals surface area (Å²) in [6.45, 7) is 0.193. The van der Waals surface area contributed by atoms with Crippen LogP contribution in [0.3, 0.4) is 0 Å². The Hall–Kier alpha value is -1.73. The van der Waals surface area contributed by atoms with Gasteiger partial charge in [0.2, 0.25) is 0 Å². The van der Waals surface area contributed by atoms with Crippen LogP contribution in [0.5, 0.6) is 0 Å². The maximum atomic E-state index is 12.1. The molecule has 0 atom stereocenters. The van der Waals surface area contributed by atoms with E-state index < -0.39 is 0 Å². The van der Waals surface area contributed by atoms with Crippen molar-refractivity contribution in [2.24, 2.45) is 0 Å². The molecule has 0 spiro atoms. The molecule has 0 amide bonds. The predicted octanol–water partition coefficient (Wildman–Crippen LogP) is 6.03. The zero-order valence-corrected chi connectivity index (χ0v) is 16.1. The Labute approximate surface area is 161 Å². The molecule has 4 rings (SSSR count). The number of hydrogen-bond donors (Lipinski definition) is 0. The quantitative estimate of drug-likeness (QED) is 0.381. The highest BCUT2D eigenvalue weighted by Crippen LogP contribution is 2.35. The van der Waals surface area contributed by atoms with Gasteiger partial charge < -0.3 is 4.74 Å². The van der Waals surface area contributed by atoms with E-state index in [4.69, 9.17) is 16.3 Å². The Morgan fingerprint density at radius 2 is 2.08 bits per heavy atom. The smallest absolute Gasteiger partial charge is 0.312 e. The molecule has 0 N–H and O–H groups in total. The average molecular weight is 406 g/mol. The summed E-state index contributed by atoms with van der Waals surface area (Å²) < 4.78 is 6.49. The lowest BCUT2D eigenvalue weighted by Gasteiger charge is -2.02. The zero-order valence-electron chi connectivity index (χ0n) is 12.9. The minimum Gasteiger partial charge on any atom is -0.460 e. The largest absolute Gasteiger partial charge is 0.460 e. The van der Waals surface area contributed by atoms with E-state index in [0.717, 1.165) is 31.2 Å². The second kappa shape index (κ2) is 7.25. The van der Waals surface area contributed by atoms with Crippen molar-refractivity contribution in [3.63, 3.8) is 0 Å². The second-order valence-electron chi connectivity index (χ2n) is 5.33. The van der Waals surface area contributed by atoms with E-state index in [-0.39, 0.29) is 19.0 Å². The molecule has 0 bridgehead atoms. The highest BCUT2D eigenvalue weighted by atomic mass is 35.5. The number of thiophene rings is 2. The molecule has 0 fully saturated rings. The fourth-order valence-corrected chi connectivity index (χ4v) is 5.34. The normalized spacial score (nSPS) is 11.1. The van der Waals surface area contributed by atoms with Crippen LogP contribution in [-0.2, 0) is 22.6 Å². The lowest BCUT2D eigenvalue weighted by atomic mass is 10.2. The first-order valence-corrected chi connectivity index (χ1v) is 10.5. The summed E-state index contributed by atoms with van der Waals surface area (Å²) in [5.74, 6) is -0.296. The molecule has 0 aliphatic rings. The van der Waals surface area contributed by atoms with E-state index in [1.807, 2.05) is 46.5 Å². The van der Waals surface area contributed by atoms with E-state index in [1.165, 1.54) is 11.3 Å². The molecule has 4 aromatic rings. The minimum atomic E-state index is -0.296. The van der Waals surface area contributed by atoms with E-state index in [0.29, 0.717) is 5.02 Å². The van der Waals surface area contributed by atoms with E-state index in [1.54, 1.807) is 22.7 Å². The van der Waals surface area contributed by atoms with Crippen LogP contribution in [0.15, 0.2) is 46.5 Å². The topological polar surface area (TPSA) is 39.2 Å². The first kappa shape index (κ1) is 16.7. The van der Waals surface area contributed by atoms with Crippen molar-refractivity contribution >= 4 is 61.7 Å². The number of ether oxygens (including phenoxy) is 1. The second-order valence-corrected chi connectivity index (χ2v) is 8.48. The number of benzene rings is 1. The Balaban J connectivity index is 1.40. The van der Waals surface area contributed by atoms with Crippen molar-refractivity contribution in [3.8, 4) is 10.6 Å². The van der Waals surface area contributed by atoms with Gasteiger partial charge in [-0.1, -0.05) is 29.8 Å². The van der Waals surface area contributed by atoms with Crippen LogP contribution in [0.1, 0.15) is 10.6 Å². The van der Waals surface area contributed by atoms with Crippen molar-refractivity contribution in [1.29, 1.82) is 0 Å². The number of carbonyl (C=O) groups is 1. The Bertz CT molecular complexity index is 1020. The van der Waals surface area contributed by atoms with Crippen molar-refractivity contribution in [3.05, 3.63) is 62.1 Å². The fourth-order valence-electron chi connectivity index (χ4n) is 2.41. The number of rotatable bonds is 5. The molecule has 0 aliphatic heterocycles. The van der Waals surface area contributed by atoms with Gasteiger partial charge in [0, 0.05) is 26.4 Å². The Kier molecular flexibility index (Phi) is 4.85. The van der Waals surface area contributed by atoms with E-state index >= 15 is 0 Å². The van der Waals surface area contributed by atoms with Gasteiger partial charge >= 0.3 is 5.97 Å². The summed E-state index contributed by atoms with van der Waals surface area (Å²) in [6.07, 6.45) is 0.170. The van der Waals surface area contributed by atoms with E-state index in [9.17, 15) is 4.79 Å². The number of esters is 1. The summed E-state index contributed by atoms with van der Waals surface area (Å²) in [7, 11) is 0. The number of fused-ring (bicyclic) bond motifs is 1. The summed E-state index contributed by atoms with van der Waals surface area (Å²) in [4.78, 5) is 17.5. The summed E-state index contributed by atoms with van der Waals surface area (Å²) in [5, 5.41) is 8.56. The fraction of sp³-hybridized carbons (Fsp3) is 0.111. The molecule has 3 aromatic heterocycles. The molecule has 0 radical (unpaired) electrons. The standard InChI is InChI=1S/C18H12ClNO2S3/c19-17-13-3-1-2-4-14(13)25-15(17)8-22-16(21)7-12-10-24-18(20-12)11-5-6-23-9-11/h1-6,9-10H,7-8H2. The molecule has 0 unspecified atom stereocenters. The van der Waals surface area contributed by atoms with Crippen molar-refractivity contribution < 1.29 is 9.53 Å². The number of nitrogens with zero attached hydrogens (tertiary/aromatic N) is 1. The van der Waals surface area contributed by atoms with Gasteiger partial charge in [-0.25, -0.2) is 4.98 Å². The number of carbonyl (C=O) groups excluding carboxylic acids is 1. The first-order valence-electron chi connectivity index (χ1n) is 7.49. The van der Waals surface area contributed by atoms with Gasteiger partial charge in [-0.3, -0.25) is 4.79 Å². The third-order valence-electron chi connectivity index (χ3n) is 3.61. The third kappa shape index (κ3) is 3.62. The van der Waals surface area contributed by atoms with Gasteiger partial charge in [-0.2, -0.15) is 11.3 Å². The van der Waals surface area contributed by atoms with Crippen LogP contribution < -0.4 is 0 Å². The molecular formula is C18H12ClNO2S3. The van der Waals surface area contributed by atoms with Crippen LogP contribution in [-0.4, -0.2) is 11.0 Å². The molecule has 0 saturated carbocycles. The summed E-state index contributed by atoms with van der Waals surface area (Å²) in [5.41, 5.74) is 1.82. The number of halogens is 1. The van der Waals surface area contributed by atoms with Gasteiger partial charge in [0.15, 0.2) is 0 Å². The van der Waals surface area contributed by atoms with Gasteiger partial charge in [-0.15, -0.1) is 22.7 Å². The molecule has 3 heterocycles. The Morgan fingerprint density at radius 3 is 2.88 bits per heavy atom. The highest BCUT2D eigenvalue weighted by molar-refractivity contribution is 7.19. The lowest BCUT2D eigenvalue weighted by molar-refractivity contribution is -0.144. The maximum Gasteiger partial charge on any atom is 0.312 e. The van der Waals surface area contributed by atoms with Crippen LogP contribution >= 0.6 is 45.6 Å². The summed E-state index contributed by atoms with van der Waals surface area (Å²) >= 11 is 11.1. The lowest BCUT2D eigenvalue weighted by Crippen LogP contribution is -2.07. The summed E-state index contributed by atoms with van der Waals surface area (Å²) in [6, 6.07) is 9.93. The first-order chi connectivity index (χ1) is 12.2. The molecular weight excluding hydrogens is 394 g/mol. The molecule has 0 aliphatic carbocycles. The monoisotopic (exact) mass is 405 g/mol. The van der Waals surface area contributed by atoms with Crippen LogP contribution in [0, 0.1) is 0 Å². The average Bonchev–Trinajstić information content (AvgIpc) is 3.34. The number of hydrogen-bond acceptors (Lipinski definition) is 6. The molecule has 0 saturated heterocycles. The zero-order chi connectivity index (χ0) is 17.2. The Morgan fingerprint density at radius 1 is 1.20 bits per heavy atom. The van der Waals surface area contributed by atoms with Crippen LogP contribution in [0.25, 0.3) is 20.7 Å². The number of aromatic nitrogens is 1. The highest BCUT2D eigenvalue weighted by Gasteiger charge is 2.14. The molecule has 3 nitrogen and oxygen atoms in total. The van der Waals surface area contributed by atoms with Crippen molar-refractivity contribution in [2.75, 3.05) is 0 Å². The molecule has 7 heteroatoms. The molecule has 25 heavy (non-hydrogen) atoms. The number of thiazole rings is 1. The van der Waals surface area contributed by atoms with Crippen molar-refractivity contribution in [1.82, 2.24) is 4.98 Å². The van der Waals surface area contributed by atoms with Crippen LogP contribution in [0.4, 0.5) is 0 Å². The van der Waals surface area contributed by atoms with Gasteiger partial charge in [0.1, 0.15) is 11.6 Å². The SMILES string of the molecule is O=C(Cc1csc(-c2ccsc2)n1)OCc1sc2ccccc2c1Cl. The maximum absolute atomic E-state index is 12.1. The predicted molar refractivity (Wildman–Crippen MR) is 106 cm³/mol. The molecule has 1 aromatic carbocycles. The van der Waals surface area contributed by atoms with Gasteiger partial charge in [-0.05, 0) is 17.5 Å². The van der Waals surface area contributed by atoms with Gasteiger partial charge in [0.05, 0.1) is 22.0 Å².